The summed E-state index contributed by atoms with van der Waals surface area (Å²) < 4.78 is 36.8. The van der Waals surface area contributed by atoms with E-state index >= 15 is 0 Å². The molecule has 0 saturated carbocycles. The molecule has 0 aliphatic carbocycles. The molecule has 1 aliphatic rings. The van der Waals surface area contributed by atoms with Gasteiger partial charge in [-0.05, 0) is 25.8 Å². The SMILES string of the molecule is CCC1CCCCCN1CC(O)C(F)(F)F. The second-order valence-corrected chi connectivity index (χ2v) is 4.46. The number of hydrogen-bond acceptors (Lipinski definition) is 2. The zero-order valence-corrected chi connectivity index (χ0v) is 9.63. The van der Waals surface area contributed by atoms with Crippen molar-refractivity contribution in [3.05, 3.63) is 0 Å². The third kappa shape index (κ3) is 3.94. The molecule has 0 aromatic heterocycles. The highest BCUT2D eigenvalue weighted by molar-refractivity contribution is 4.79. The van der Waals surface area contributed by atoms with Crippen molar-refractivity contribution < 1.29 is 18.3 Å². The first-order valence-electron chi connectivity index (χ1n) is 5.94. The fraction of sp³-hybridized carbons (Fsp3) is 1.00. The summed E-state index contributed by atoms with van der Waals surface area (Å²) in [5.41, 5.74) is 0. The fourth-order valence-corrected chi connectivity index (χ4v) is 2.27. The predicted octanol–water partition coefficient (Wildman–Crippen LogP) is 2.56. The Morgan fingerprint density at radius 1 is 1.31 bits per heavy atom. The maximum atomic E-state index is 12.3. The van der Waals surface area contributed by atoms with Crippen molar-refractivity contribution in [2.75, 3.05) is 13.1 Å². The van der Waals surface area contributed by atoms with E-state index in [9.17, 15) is 13.2 Å². The molecule has 0 aromatic carbocycles. The second-order valence-electron chi connectivity index (χ2n) is 4.46. The zero-order chi connectivity index (χ0) is 12.2. The van der Waals surface area contributed by atoms with Crippen molar-refractivity contribution in [1.82, 2.24) is 4.90 Å². The standard InChI is InChI=1S/C11H20F3NO/c1-2-9-6-4-3-5-7-15(9)8-10(16)11(12,13)14/h9-10,16H,2-8H2,1H3. The molecule has 0 aromatic rings. The van der Waals surface area contributed by atoms with Crippen LogP contribution < -0.4 is 0 Å². The van der Waals surface area contributed by atoms with Crippen molar-refractivity contribution in [3.63, 3.8) is 0 Å². The van der Waals surface area contributed by atoms with Gasteiger partial charge in [0.15, 0.2) is 6.10 Å². The molecule has 1 aliphatic heterocycles. The molecule has 2 atom stereocenters. The van der Waals surface area contributed by atoms with Crippen molar-refractivity contribution in [2.24, 2.45) is 0 Å². The maximum absolute atomic E-state index is 12.3. The van der Waals surface area contributed by atoms with E-state index in [2.05, 4.69) is 0 Å². The van der Waals surface area contributed by atoms with Crippen LogP contribution in [0.5, 0.6) is 0 Å². The summed E-state index contributed by atoms with van der Waals surface area (Å²) in [5, 5.41) is 9.08. The average molecular weight is 239 g/mol. The third-order valence-electron chi connectivity index (χ3n) is 3.26. The van der Waals surface area contributed by atoms with E-state index in [1.807, 2.05) is 6.92 Å². The van der Waals surface area contributed by atoms with Crippen LogP contribution in [0.2, 0.25) is 0 Å². The number of alkyl halides is 3. The van der Waals surface area contributed by atoms with Crippen LogP contribution in [-0.2, 0) is 0 Å². The summed E-state index contributed by atoms with van der Waals surface area (Å²) in [5.74, 6) is 0. The van der Waals surface area contributed by atoms with E-state index in [0.29, 0.717) is 6.54 Å². The Balaban J connectivity index is 2.54. The van der Waals surface area contributed by atoms with Gasteiger partial charge in [-0.2, -0.15) is 13.2 Å². The fourth-order valence-electron chi connectivity index (χ4n) is 2.27. The maximum Gasteiger partial charge on any atom is 0.415 e. The Labute approximate surface area is 94.4 Å². The van der Waals surface area contributed by atoms with Crippen LogP contribution in [0.1, 0.15) is 39.0 Å². The van der Waals surface area contributed by atoms with Gasteiger partial charge in [-0.1, -0.05) is 19.8 Å². The van der Waals surface area contributed by atoms with E-state index in [-0.39, 0.29) is 12.6 Å². The minimum atomic E-state index is -4.50. The van der Waals surface area contributed by atoms with Crippen LogP contribution in [0.15, 0.2) is 0 Å². The van der Waals surface area contributed by atoms with Crippen molar-refractivity contribution in [2.45, 2.75) is 57.3 Å². The zero-order valence-electron chi connectivity index (χ0n) is 9.63. The molecule has 1 rings (SSSR count). The van der Waals surface area contributed by atoms with Crippen molar-refractivity contribution in [3.8, 4) is 0 Å². The Bertz CT molecular complexity index is 208. The highest BCUT2D eigenvalue weighted by Gasteiger charge is 2.40. The molecular weight excluding hydrogens is 219 g/mol. The van der Waals surface area contributed by atoms with E-state index < -0.39 is 12.3 Å². The normalized spacial score (nSPS) is 26.4. The summed E-state index contributed by atoms with van der Waals surface area (Å²) in [7, 11) is 0. The Hall–Kier alpha value is -0.290. The number of aliphatic hydroxyl groups excluding tert-OH is 1. The molecule has 1 heterocycles. The first kappa shape index (κ1) is 13.8. The van der Waals surface area contributed by atoms with Crippen LogP contribution in [-0.4, -0.2) is 41.4 Å². The summed E-state index contributed by atoms with van der Waals surface area (Å²) in [4.78, 5) is 1.80. The first-order chi connectivity index (χ1) is 7.45. The van der Waals surface area contributed by atoms with E-state index in [0.717, 1.165) is 32.1 Å². The number of hydrogen-bond donors (Lipinski definition) is 1. The van der Waals surface area contributed by atoms with Crippen LogP contribution in [0.4, 0.5) is 13.2 Å². The molecule has 0 amide bonds. The quantitative estimate of drug-likeness (QED) is 0.818. The van der Waals surface area contributed by atoms with Crippen LogP contribution in [0, 0.1) is 0 Å². The molecule has 0 spiro atoms. The molecule has 1 saturated heterocycles. The van der Waals surface area contributed by atoms with Gasteiger partial charge < -0.3 is 5.11 Å². The smallest absolute Gasteiger partial charge is 0.382 e. The van der Waals surface area contributed by atoms with Gasteiger partial charge in [0, 0.05) is 12.6 Å². The first-order valence-corrected chi connectivity index (χ1v) is 5.94. The molecule has 16 heavy (non-hydrogen) atoms. The van der Waals surface area contributed by atoms with Gasteiger partial charge in [-0.3, -0.25) is 4.90 Å². The molecule has 2 unspecified atom stereocenters. The molecule has 1 fully saturated rings. The summed E-state index contributed by atoms with van der Waals surface area (Å²) in [6.45, 7) is 2.39. The third-order valence-corrected chi connectivity index (χ3v) is 3.26. The molecule has 5 heteroatoms. The van der Waals surface area contributed by atoms with Crippen LogP contribution in [0.3, 0.4) is 0 Å². The van der Waals surface area contributed by atoms with Crippen molar-refractivity contribution >= 4 is 0 Å². The van der Waals surface area contributed by atoms with Gasteiger partial charge in [0.1, 0.15) is 0 Å². The number of aliphatic hydroxyl groups is 1. The number of halogens is 3. The monoisotopic (exact) mass is 239 g/mol. The summed E-state index contributed by atoms with van der Waals surface area (Å²) in [6, 6.07) is 0.194. The average Bonchev–Trinajstić information content (AvgIpc) is 2.41. The van der Waals surface area contributed by atoms with Gasteiger partial charge in [0.05, 0.1) is 0 Å². The minimum absolute atomic E-state index is 0.194. The Kier molecular flexibility index (Phi) is 5.05. The van der Waals surface area contributed by atoms with Gasteiger partial charge in [0.2, 0.25) is 0 Å². The molecular formula is C11H20F3NO. The van der Waals surface area contributed by atoms with E-state index in [1.165, 1.54) is 0 Å². The van der Waals surface area contributed by atoms with E-state index in [1.54, 1.807) is 4.90 Å². The number of likely N-dealkylation sites (tertiary alicyclic amines) is 1. The lowest BCUT2D eigenvalue weighted by atomic mass is 10.1. The predicted molar refractivity (Wildman–Crippen MR) is 56.2 cm³/mol. The van der Waals surface area contributed by atoms with Crippen LogP contribution in [0.25, 0.3) is 0 Å². The Morgan fingerprint density at radius 3 is 2.56 bits per heavy atom. The number of rotatable bonds is 3. The lowest BCUT2D eigenvalue weighted by molar-refractivity contribution is -0.209. The van der Waals surface area contributed by atoms with Gasteiger partial charge in [-0.15, -0.1) is 0 Å². The summed E-state index contributed by atoms with van der Waals surface area (Å²) >= 11 is 0. The van der Waals surface area contributed by atoms with Crippen molar-refractivity contribution in [1.29, 1.82) is 0 Å². The highest BCUT2D eigenvalue weighted by atomic mass is 19.4. The molecule has 1 N–H and O–H groups in total. The second kappa shape index (κ2) is 5.87. The van der Waals surface area contributed by atoms with Gasteiger partial charge in [-0.25, -0.2) is 0 Å². The minimum Gasteiger partial charge on any atom is -0.382 e. The molecule has 0 bridgehead atoms. The van der Waals surface area contributed by atoms with Crippen LogP contribution >= 0.6 is 0 Å². The molecule has 2 nitrogen and oxygen atoms in total. The Morgan fingerprint density at radius 2 is 2.00 bits per heavy atom. The largest absolute Gasteiger partial charge is 0.415 e. The van der Waals surface area contributed by atoms with Gasteiger partial charge in [0.25, 0.3) is 0 Å². The lowest BCUT2D eigenvalue weighted by Gasteiger charge is -2.31. The lowest BCUT2D eigenvalue weighted by Crippen LogP contribution is -2.45. The number of β-amino-alcohol motifs (C(OH)–C–C–N with tert-alkyl or cyclic N) is 1. The molecule has 0 radical (unpaired) electrons. The van der Waals surface area contributed by atoms with Gasteiger partial charge >= 0.3 is 6.18 Å². The number of nitrogens with zero attached hydrogens (tertiary/aromatic N) is 1. The topological polar surface area (TPSA) is 23.5 Å². The molecule has 96 valence electrons. The summed E-state index contributed by atoms with van der Waals surface area (Å²) in [6.07, 6.45) is -1.82. The van der Waals surface area contributed by atoms with E-state index in [4.69, 9.17) is 5.11 Å². The highest BCUT2D eigenvalue weighted by Crippen LogP contribution is 2.24.